The van der Waals surface area contributed by atoms with E-state index in [2.05, 4.69) is 59.8 Å². The van der Waals surface area contributed by atoms with Crippen LogP contribution in [0.15, 0.2) is 30.3 Å². The lowest BCUT2D eigenvalue weighted by Gasteiger charge is -2.72. The van der Waals surface area contributed by atoms with Crippen LogP contribution in [-0.4, -0.2) is 17.9 Å². The highest BCUT2D eigenvalue weighted by Gasteiger charge is 2.70. The molecule has 236 valence electrons. The predicted octanol–water partition coefficient (Wildman–Crippen LogP) is 10.3. The lowest BCUT2D eigenvalue weighted by molar-refractivity contribution is -0.224. The number of hydrogen-bond acceptors (Lipinski definition) is 3. The molecule has 0 radical (unpaired) electrons. The number of esters is 1. The van der Waals surface area contributed by atoms with Crippen LogP contribution >= 0.6 is 0 Å². The van der Waals surface area contributed by atoms with E-state index in [0.29, 0.717) is 40.1 Å². The standard InChI is InChI=1S/C40H58O3/c1-10-26-17-22-40(25-41)24-23-38(8)30(33(26)40)15-16-32-37(7)20-18-29(36(5,6)31(37)19-21-39(32,38)9)27-11-13-28(14-12-27)34(42)43-35(2,3)4/h11-14,18,25-26,30-33H,10,15-17,19-24H2,1-9H3/t26-,30-,31+,32-,33-,37+,38-,39-,40-/m1/s1. The van der Waals surface area contributed by atoms with Crippen molar-refractivity contribution in [2.24, 2.45) is 56.7 Å². The molecule has 0 heterocycles. The highest BCUT2D eigenvalue weighted by Crippen LogP contribution is 2.77. The van der Waals surface area contributed by atoms with Crippen LogP contribution in [0.4, 0.5) is 0 Å². The van der Waals surface area contributed by atoms with E-state index in [1.54, 1.807) is 0 Å². The fraction of sp³-hybridized carbons (Fsp3) is 0.750. The summed E-state index contributed by atoms with van der Waals surface area (Å²) in [6.07, 6.45) is 16.3. The lowest BCUT2D eigenvalue weighted by Crippen LogP contribution is -2.65. The van der Waals surface area contributed by atoms with Crippen molar-refractivity contribution in [2.75, 3.05) is 0 Å². The summed E-state index contributed by atoms with van der Waals surface area (Å²) in [5.41, 5.74) is 3.71. The van der Waals surface area contributed by atoms with Crippen LogP contribution in [0.2, 0.25) is 0 Å². The summed E-state index contributed by atoms with van der Waals surface area (Å²) in [6.45, 7) is 21.1. The van der Waals surface area contributed by atoms with Crippen LogP contribution in [0.5, 0.6) is 0 Å². The molecule has 0 bridgehead atoms. The van der Waals surface area contributed by atoms with Gasteiger partial charge in [-0.15, -0.1) is 0 Å². The number of carbonyl (C=O) groups is 2. The van der Waals surface area contributed by atoms with Crippen molar-refractivity contribution in [3.63, 3.8) is 0 Å². The van der Waals surface area contributed by atoms with E-state index in [9.17, 15) is 9.59 Å². The van der Waals surface area contributed by atoms with Gasteiger partial charge in [0, 0.05) is 5.41 Å². The summed E-state index contributed by atoms with van der Waals surface area (Å²) < 4.78 is 5.62. The summed E-state index contributed by atoms with van der Waals surface area (Å²) >= 11 is 0. The molecule has 5 aliphatic rings. The zero-order valence-corrected chi connectivity index (χ0v) is 28.6. The molecule has 0 aliphatic heterocycles. The van der Waals surface area contributed by atoms with Crippen LogP contribution in [0, 0.1) is 56.7 Å². The molecule has 6 rings (SSSR count). The minimum absolute atomic E-state index is 0.0430. The van der Waals surface area contributed by atoms with Crippen molar-refractivity contribution < 1.29 is 14.3 Å². The highest BCUT2D eigenvalue weighted by atomic mass is 16.6. The molecular formula is C40H58O3. The van der Waals surface area contributed by atoms with E-state index in [1.807, 2.05) is 32.9 Å². The molecular weight excluding hydrogens is 528 g/mol. The Morgan fingerprint density at radius 2 is 1.58 bits per heavy atom. The fourth-order valence-corrected chi connectivity index (χ4v) is 12.7. The third-order valence-electron chi connectivity index (χ3n) is 14.8. The average Bonchev–Trinajstić information content (AvgIpc) is 3.32. The maximum Gasteiger partial charge on any atom is 0.338 e. The van der Waals surface area contributed by atoms with E-state index in [-0.39, 0.29) is 22.2 Å². The Morgan fingerprint density at radius 3 is 2.21 bits per heavy atom. The number of ether oxygens (including phenoxy) is 1. The van der Waals surface area contributed by atoms with Crippen LogP contribution in [0.25, 0.3) is 5.57 Å². The molecule has 3 heteroatoms. The first kappa shape index (κ1) is 31.1. The largest absolute Gasteiger partial charge is 0.456 e. The second-order valence-corrected chi connectivity index (χ2v) is 17.9. The van der Waals surface area contributed by atoms with Crippen molar-refractivity contribution in [1.29, 1.82) is 0 Å². The SMILES string of the molecule is CC[C@@H]1CC[C@]2(C=O)CC[C@]3(C)[C@H](CC[C@@H]4[C@@]5(C)CC=C(c6ccc(C(=O)OC(C)(C)C)cc6)C(C)(C)[C@@H]5CC[C@]43C)[C@@H]12. The molecule has 0 N–H and O–H groups in total. The van der Waals surface area contributed by atoms with Crippen molar-refractivity contribution in [3.05, 3.63) is 41.5 Å². The number of carbonyl (C=O) groups excluding carboxylic acids is 2. The summed E-state index contributed by atoms with van der Waals surface area (Å²) in [6, 6.07) is 8.18. The minimum atomic E-state index is -0.496. The van der Waals surface area contributed by atoms with Crippen LogP contribution in [0.1, 0.15) is 142 Å². The third-order valence-corrected chi connectivity index (χ3v) is 14.8. The summed E-state index contributed by atoms with van der Waals surface area (Å²) in [4.78, 5) is 25.4. The summed E-state index contributed by atoms with van der Waals surface area (Å²) in [7, 11) is 0. The van der Waals surface area contributed by atoms with Gasteiger partial charge in [0.1, 0.15) is 11.9 Å². The molecule has 0 amide bonds. The van der Waals surface area contributed by atoms with E-state index in [0.717, 1.165) is 25.2 Å². The Labute approximate surface area is 262 Å². The van der Waals surface area contributed by atoms with Gasteiger partial charge in [-0.1, -0.05) is 66.2 Å². The monoisotopic (exact) mass is 586 g/mol. The highest BCUT2D eigenvalue weighted by molar-refractivity contribution is 5.90. The number of allylic oxidation sites excluding steroid dienone is 2. The quantitative estimate of drug-likeness (QED) is 0.260. The molecule has 1 aromatic carbocycles. The fourth-order valence-electron chi connectivity index (χ4n) is 12.7. The Hall–Kier alpha value is -1.90. The van der Waals surface area contributed by atoms with Gasteiger partial charge in [0.05, 0.1) is 5.56 Å². The Bertz CT molecular complexity index is 1300. The molecule has 3 nitrogen and oxygen atoms in total. The molecule has 4 fully saturated rings. The van der Waals surface area contributed by atoms with Crippen molar-refractivity contribution in [3.8, 4) is 0 Å². The normalized spacial score (nSPS) is 43.4. The molecule has 1 aromatic rings. The molecule has 9 atom stereocenters. The van der Waals surface area contributed by atoms with Crippen LogP contribution in [0.3, 0.4) is 0 Å². The first-order chi connectivity index (χ1) is 20.1. The van der Waals surface area contributed by atoms with E-state index in [4.69, 9.17) is 4.74 Å². The maximum atomic E-state index is 12.7. The number of rotatable bonds is 4. The molecule has 0 aromatic heterocycles. The number of benzene rings is 1. The zero-order valence-electron chi connectivity index (χ0n) is 28.6. The van der Waals surface area contributed by atoms with E-state index < -0.39 is 5.60 Å². The zero-order chi connectivity index (χ0) is 31.2. The smallest absolute Gasteiger partial charge is 0.338 e. The van der Waals surface area contributed by atoms with Gasteiger partial charge in [0.15, 0.2) is 0 Å². The lowest BCUT2D eigenvalue weighted by atomic mass is 9.32. The third kappa shape index (κ3) is 4.39. The Balaban J connectivity index is 1.30. The number of hydrogen-bond donors (Lipinski definition) is 0. The van der Waals surface area contributed by atoms with Gasteiger partial charge in [-0.05, 0) is 153 Å². The van der Waals surface area contributed by atoms with Gasteiger partial charge in [0.25, 0.3) is 0 Å². The number of fused-ring (bicyclic) bond motifs is 7. The first-order valence-corrected chi connectivity index (χ1v) is 17.6. The van der Waals surface area contributed by atoms with Crippen molar-refractivity contribution in [1.82, 2.24) is 0 Å². The van der Waals surface area contributed by atoms with Gasteiger partial charge >= 0.3 is 5.97 Å². The summed E-state index contributed by atoms with van der Waals surface area (Å²) in [5.74, 6) is 3.08. The van der Waals surface area contributed by atoms with Crippen molar-refractivity contribution in [2.45, 2.75) is 132 Å². The molecule has 43 heavy (non-hydrogen) atoms. The molecule has 4 saturated carbocycles. The first-order valence-electron chi connectivity index (χ1n) is 17.6. The molecule has 0 saturated heterocycles. The Morgan fingerprint density at radius 1 is 0.884 bits per heavy atom. The average molecular weight is 587 g/mol. The predicted molar refractivity (Wildman–Crippen MR) is 175 cm³/mol. The summed E-state index contributed by atoms with van der Waals surface area (Å²) in [5, 5.41) is 0. The van der Waals surface area contributed by atoms with Gasteiger partial charge in [0.2, 0.25) is 0 Å². The minimum Gasteiger partial charge on any atom is -0.456 e. The topological polar surface area (TPSA) is 43.4 Å². The maximum absolute atomic E-state index is 12.7. The van der Waals surface area contributed by atoms with Gasteiger partial charge < -0.3 is 9.53 Å². The second-order valence-electron chi connectivity index (χ2n) is 17.9. The van der Waals surface area contributed by atoms with Crippen molar-refractivity contribution >= 4 is 17.8 Å². The molecule has 0 spiro atoms. The van der Waals surface area contributed by atoms with E-state index >= 15 is 0 Å². The van der Waals surface area contributed by atoms with Crippen LogP contribution in [-0.2, 0) is 9.53 Å². The van der Waals surface area contributed by atoms with Gasteiger partial charge in [-0.3, -0.25) is 0 Å². The molecule has 0 unspecified atom stereocenters. The molecule has 5 aliphatic carbocycles. The second kappa shape index (κ2) is 10.1. The van der Waals surface area contributed by atoms with Crippen LogP contribution < -0.4 is 0 Å². The van der Waals surface area contributed by atoms with Gasteiger partial charge in [-0.2, -0.15) is 0 Å². The van der Waals surface area contributed by atoms with Gasteiger partial charge in [-0.25, -0.2) is 4.79 Å². The van der Waals surface area contributed by atoms with E-state index in [1.165, 1.54) is 62.4 Å². The number of aldehydes is 1. The Kier molecular flexibility index (Phi) is 7.27.